The van der Waals surface area contributed by atoms with Crippen LogP contribution in [0, 0.1) is 11.6 Å². The van der Waals surface area contributed by atoms with Crippen LogP contribution in [0.3, 0.4) is 0 Å². The third kappa shape index (κ3) is 4.10. The maximum Gasteiger partial charge on any atom is 0.262 e. The van der Waals surface area contributed by atoms with E-state index in [0.717, 1.165) is 12.1 Å². The molecular formula is C15H11F2NO3. The van der Waals surface area contributed by atoms with E-state index in [1.807, 2.05) is 0 Å². The van der Waals surface area contributed by atoms with Gasteiger partial charge in [-0.2, -0.15) is 0 Å². The van der Waals surface area contributed by atoms with Crippen molar-refractivity contribution in [2.45, 2.75) is 0 Å². The number of nitrogens with one attached hydrogen (secondary N) is 1. The van der Waals surface area contributed by atoms with Crippen LogP contribution in [0.4, 0.5) is 14.5 Å². The predicted octanol–water partition coefficient (Wildman–Crippen LogP) is 2.79. The van der Waals surface area contributed by atoms with Crippen molar-refractivity contribution in [2.75, 3.05) is 11.9 Å². The number of carbonyl (C=O) groups is 2. The molecule has 1 amide bonds. The van der Waals surface area contributed by atoms with E-state index in [1.165, 1.54) is 24.3 Å². The molecule has 0 aliphatic heterocycles. The van der Waals surface area contributed by atoms with Crippen LogP contribution < -0.4 is 10.1 Å². The highest BCUT2D eigenvalue weighted by molar-refractivity contribution is 5.92. The van der Waals surface area contributed by atoms with E-state index in [0.29, 0.717) is 6.29 Å². The Morgan fingerprint density at radius 1 is 1.19 bits per heavy atom. The third-order valence-corrected chi connectivity index (χ3v) is 2.55. The molecule has 2 rings (SSSR count). The molecule has 0 spiro atoms. The van der Waals surface area contributed by atoms with Gasteiger partial charge in [-0.25, -0.2) is 8.78 Å². The number of benzene rings is 2. The maximum atomic E-state index is 13.3. The molecule has 21 heavy (non-hydrogen) atoms. The number of ether oxygens (including phenoxy) is 1. The van der Waals surface area contributed by atoms with Crippen molar-refractivity contribution in [1.29, 1.82) is 0 Å². The lowest BCUT2D eigenvalue weighted by molar-refractivity contribution is -0.118. The van der Waals surface area contributed by atoms with Crippen molar-refractivity contribution in [2.24, 2.45) is 0 Å². The second kappa shape index (κ2) is 6.60. The minimum Gasteiger partial charge on any atom is -0.484 e. The quantitative estimate of drug-likeness (QED) is 0.862. The molecule has 0 unspecified atom stereocenters. The highest BCUT2D eigenvalue weighted by atomic mass is 19.1. The van der Waals surface area contributed by atoms with Gasteiger partial charge in [-0.3, -0.25) is 9.59 Å². The topological polar surface area (TPSA) is 55.4 Å². The van der Waals surface area contributed by atoms with E-state index in [1.54, 1.807) is 6.07 Å². The van der Waals surface area contributed by atoms with Gasteiger partial charge in [-0.15, -0.1) is 0 Å². The number of aldehydes is 1. The van der Waals surface area contributed by atoms with E-state index in [-0.39, 0.29) is 17.0 Å². The zero-order chi connectivity index (χ0) is 15.2. The molecule has 0 aliphatic carbocycles. The fraction of sp³-hybridized carbons (Fsp3) is 0.0667. The van der Waals surface area contributed by atoms with Crippen molar-refractivity contribution >= 4 is 17.9 Å². The van der Waals surface area contributed by atoms with Crippen LogP contribution in [0.25, 0.3) is 0 Å². The average molecular weight is 291 g/mol. The SMILES string of the molecule is O=Cc1cc(F)cc(OCC(=O)Nc2ccccc2F)c1. The molecule has 2 aromatic rings. The van der Waals surface area contributed by atoms with Crippen LogP contribution in [0.1, 0.15) is 10.4 Å². The molecule has 0 heterocycles. The standard InChI is InChI=1S/C15H11F2NO3/c16-11-5-10(8-19)6-12(7-11)21-9-15(20)18-14-4-2-1-3-13(14)17/h1-8H,9H2,(H,18,20). The number of halogens is 2. The zero-order valence-corrected chi connectivity index (χ0v) is 10.8. The Morgan fingerprint density at radius 3 is 2.67 bits per heavy atom. The second-order valence-electron chi connectivity index (χ2n) is 4.15. The number of para-hydroxylation sites is 1. The highest BCUT2D eigenvalue weighted by Crippen LogP contribution is 2.16. The van der Waals surface area contributed by atoms with Gasteiger partial charge in [-0.05, 0) is 24.3 Å². The summed E-state index contributed by atoms with van der Waals surface area (Å²) in [6, 6.07) is 9.06. The highest BCUT2D eigenvalue weighted by Gasteiger charge is 2.08. The Balaban J connectivity index is 1.97. The van der Waals surface area contributed by atoms with Crippen LogP contribution in [-0.2, 0) is 4.79 Å². The lowest BCUT2D eigenvalue weighted by Crippen LogP contribution is -2.20. The molecule has 0 saturated heterocycles. The number of amides is 1. The third-order valence-electron chi connectivity index (χ3n) is 2.55. The summed E-state index contributed by atoms with van der Waals surface area (Å²) in [6.07, 6.45) is 0.468. The fourth-order valence-electron chi connectivity index (χ4n) is 1.63. The Hall–Kier alpha value is -2.76. The Morgan fingerprint density at radius 2 is 1.95 bits per heavy atom. The van der Waals surface area contributed by atoms with Crippen LogP contribution >= 0.6 is 0 Å². The van der Waals surface area contributed by atoms with E-state index in [4.69, 9.17) is 4.74 Å². The summed E-state index contributed by atoms with van der Waals surface area (Å²) in [5, 5.41) is 2.32. The van der Waals surface area contributed by atoms with Gasteiger partial charge in [0, 0.05) is 11.6 Å². The smallest absolute Gasteiger partial charge is 0.262 e. The average Bonchev–Trinajstić information content (AvgIpc) is 2.47. The van der Waals surface area contributed by atoms with Crippen LogP contribution in [-0.4, -0.2) is 18.8 Å². The molecule has 0 radical (unpaired) electrons. The zero-order valence-electron chi connectivity index (χ0n) is 10.8. The lowest BCUT2D eigenvalue weighted by atomic mass is 10.2. The summed E-state index contributed by atoms with van der Waals surface area (Å²) in [6.45, 7) is -0.434. The normalized spacial score (nSPS) is 10.0. The molecule has 0 aromatic heterocycles. The number of rotatable bonds is 5. The van der Waals surface area contributed by atoms with Crippen molar-refractivity contribution in [1.82, 2.24) is 0 Å². The monoisotopic (exact) mass is 291 g/mol. The lowest BCUT2D eigenvalue weighted by Gasteiger charge is -2.08. The van der Waals surface area contributed by atoms with Gasteiger partial charge in [0.1, 0.15) is 23.7 Å². The minimum absolute atomic E-state index is 0.0268. The van der Waals surface area contributed by atoms with E-state index >= 15 is 0 Å². The van der Waals surface area contributed by atoms with Gasteiger partial charge in [-0.1, -0.05) is 12.1 Å². The molecule has 0 aliphatic rings. The molecular weight excluding hydrogens is 280 g/mol. The van der Waals surface area contributed by atoms with E-state index in [9.17, 15) is 18.4 Å². The van der Waals surface area contributed by atoms with Crippen molar-refractivity contribution < 1.29 is 23.1 Å². The molecule has 108 valence electrons. The van der Waals surface area contributed by atoms with Gasteiger partial charge < -0.3 is 10.1 Å². The Kier molecular flexibility index (Phi) is 4.61. The largest absolute Gasteiger partial charge is 0.484 e. The molecule has 6 heteroatoms. The van der Waals surface area contributed by atoms with Gasteiger partial charge >= 0.3 is 0 Å². The van der Waals surface area contributed by atoms with Crippen LogP contribution in [0.5, 0.6) is 5.75 Å². The van der Waals surface area contributed by atoms with E-state index in [2.05, 4.69) is 5.32 Å². The van der Waals surface area contributed by atoms with Gasteiger partial charge in [0.05, 0.1) is 5.69 Å². The summed E-state index contributed by atoms with van der Waals surface area (Å²) in [4.78, 5) is 22.2. The second-order valence-corrected chi connectivity index (χ2v) is 4.15. The van der Waals surface area contributed by atoms with Gasteiger partial charge in [0.25, 0.3) is 5.91 Å². The molecule has 0 bridgehead atoms. The molecule has 4 nitrogen and oxygen atoms in total. The molecule has 0 saturated carbocycles. The summed E-state index contributed by atoms with van der Waals surface area (Å²) in [5.74, 6) is -1.78. The van der Waals surface area contributed by atoms with Gasteiger partial charge in [0.2, 0.25) is 0 Å². The minimum atomic E-state index is -0.649. The number of anilines is 1. The molecule has 1 N–H and O–H groups in total. The number of hydrogen-bond donors (Lipinski definition) is 1. The van der Waals surface area contributed by atoms with Crippen LogP contribution in [0.15, 0.2) is 42.5 Å². The Labute approximate surface area is 119 Å². The first-order valence-electron chi connectivity index (χ1n) is 6.01. The van der Waals surface area contributed by atoms with Crippen LogP contribution in [0.2, 0.25) is 0 Å². The van der Waals surface area contributed by atoms with Crippen molar-refractivity contribution in [3.8, 4) is 5.75 Å². The Bertz CT molecular complexity index is 674. The number of carbonyl (C=O) groups excluding carboxylic acids is 2. The first-order valence-corrected chi connectivity index (χ1v) is 6.01. The van der Waals surface area contributed by atoms with Crippen molar-refractivity contribution in [3.05, 3.63) is 59.7 Å². The molecule has 0 atom stereocenters. The summed E-state index contributed by atoms with van der Waals surface area (Å²) < 4.78 is 31.5. The van der Waals surface area contributed by atoms with Gasteiger partial charge in [0.15, 0.2) is 6.61 Å². The first-order chi connectivity index (χ1) is 10.1. The summed E-state index contributed by atoms with van der Waals surface area (Å²) >= 11 is 0. The predicted molar refractivity (Wildman–Crippen MR) is 72.3 cm³/mol. The summed E-state index contributed by atoms with van der Waals surface area (Å²) in [5.41, 5.74) is 0.124. The first kappa shape index (κ1) is 14.6. The van der Waals surface area contributed by atoms with Crippen molar-refractivity contribution in [3.63, 3.8) is 0 Å². The number of hydrogen-bond acceptors (Lipinski definition) is 3. The maximum absolute atomic E-state index is 13.3. The summed E-state index contributed by atoms with van der Waals surface area (Å²) in [7, 11) is 0. The molecule has 2 aromatic carbocycles. The molecule has 0 fully saturated rings. The fourth-order valence-corrected chi connectivity index (χ4v) is 1.63. The van der Waals surface area contributed by atoms with E-state index < -0.39 is 24.1 Å².